The minimum absolute atomic E-state index is 0.262. The number of nitrogen functional groups attached to an aromatic ring is 1. The molecule has 4 rings (SSSR count). The van der Waals surface area contributed by atoms with Crippen LogP contribution in [-0.4, -0.2) is 16.4 Å². The van der Waals surface area contributed by atoms with Crippen molar-refractivity contribution in [3.63, 3.8) is 0 Å². The van der Waals surface area contributed by atoms with Crippen molar-refractivity contribution in [1.82, 2.24) is 9.99 Å². The number of ether oxygens (including phenoxy) is 1. The van der Waals surface area contributed by atoms with Crippen LogP contribution in [-0.2, 0) is 6.61 Å². The van der Waals surface area contributed by atoms with Gasteiger partial charge in [0.05, 0.1) is 11.1 Å². The third-order valence-corrected chi connectivity index (χ3v) is 4.64. The van der Waals surface area contributed by atoms with Gasteiger partial charge in [-0.15, -0.1) is 0 Å². The van der Waals surface area contributed by atoms with Crippen LogP contribution in [0.3, 0.4) is 0 Å². The Hall–Kier alpha value is -3.90. The topological polar surface area (TPSA) is 86.4 Å². The van der Waals surface area contributed by atoms with Crippen LogP contribution in [0.2, 0.25) is 0 Å². The number of para-hydroxylation sites is 1. The highest BCUT2D eigenvalue weighted by Crippen LogP contribution is 2.23. The summed E-state index contributed by atoms with van der Waals surface area (Å²) in [6.07, 6.45) is 1.51. The van der Waals surface area contributed by atoms with Crippen molar-refractivity contribution >= 4 is 22.7 Å². The van der Waals surface area contributed by atoms with E-state index in [9.17, 15) is 9.59 Å². The number of carbonyl (C=O) groups excluding carboxylic acids is 2. The summed E-state index contributed by atoms with van der Waals surface area (Å²) in [6, 6.07) is 24.0. The SMILES string of the molecule is NNC(=O)c1cn(C(=O)c2cccc(OCc3ccccc3)c2)c2ccccc12. The minimum atomic E-state index is -0.451. The van der Waals surface area contributed by atoms with E-state index in [-0.39, 0.29) is 5.91 Å². The third-order valence-electron chi connectivity index (χ3n) is 4.64. The van der Waals surface area contributed by atoms with Crippen molar-refractivity contribution in [2.45, 2.75) is 6.61 Å². The van der Waals surface area contributed by atoms with Gasteiger partial charge in [-0.05, 0) is 29.8 Å². The summed E-state index contributed by atoms with van der Waals surface area (Å²) in [5, 5.41) is 0.653. The molecule has 3 aromatic carbocycles. The lowest BCUT2D eigenvalue weighted by Gasteiger charge is -2.09. The predicted molar refractivity (Wildman–Crippen MR) is 111 cm³/mol. The third kappa shape index (κ3) is 3.74. The Morgan fingerprint density at radius 2 is 1.69 bits per heavy atom. The number of hydrogen-bond donors (Lipinski definition) is 2. The first-order valence-corrected chi connectivity index (χ1v) is 9.10. The zero-order chi connectivity index (χ0) is 20.2. The lowest BCUT2D eigenvalue weighted by Crippen LogP contribution is -2.29. The molecule has 0 fully saturated rings. The van der Waals surface area contributed by atoms with E-state index < -0.39 is 5.91 Å². The number of carbonyl (C=O) groups is 2. The van der Waals surface area contributed by atoms with E-state index in [1.165, 1.54) is 10.8 Å². The van der Waals surface area contributed by atoms with Crippen LogP contribution in [0.1, 0.15) is 26.3 Å². The summed E-state index contributed by atoms with van der Waals surface area (Å²) in [7, 11) is 0. The molecule has 1 amide bonds. The van der Waals surface area contributed by atoms with Gasteiger partial charge < -0.3 is 4.74 Å². The highest BCUT2D eigenvalue weighted by atomic mass is 16.5. The van der Waals surface area contributed by atoms with Gasteiger partial charge in [-0.2, -0.15) is 0 Å². The molecule has 4 aromatic rings. The molecular weight excluding hydrogens is 366 g/mol. The van der Waals surface area contributed by atoms with Crippen molar-refractivity contribution in [1.29, 1.82) is 0 Å². The van der Waals surface area contributed by atoms with Crippen LogP contribution < -0.4 is 16.0 Å². The first kappa shape index (κ1) is 18.5. The number of hydrogen-bond acceptors (Lipinski definition) is 4. The number of nitrogens with two attached hydrogens (primary N) is 1. The second kappa shape index (κ2) is 8.00. The van der Waals surface area contributed by atoms with Gasteiger partial charge in [-0.25, -0.2) is 5.84 Å². The zero-order valence-electron chi connectivity index (χ0n) is 15.5. The monoisotopic (exact) mass is 385 g/mol. The van der Waals surface area contributed by atoms with Gasteiger partial charge in [-0.3, -0.25) is 19.6 Å². The van der Waals surface area contributed by atoms with E-state index in [2.05, 4.69) is 5.43 Å². The van der Waals surface area contributed by atoms with Gasteiger partial charge in [0.2, 0.25) is 0 Å². The van der Waals surface area contributed by atoms with Crippen LogP contribution >= 0.6 is 0 Å². The van der Waals surface area contributed by atoms with Crippen molar-refractivity contribution in [2.24, 2.45) is 5.84 Å². The second-order valence-electron chi connectivity index (χ2n) is 6.51. The molecular formula is C23H19N3O3. The molecule has 0 aliphatic heterocycles. The zero-order valence-corrected chi connectivity index (χ0v) is 15.5. The van der Waals surface area contributed by atoms with Gasteiger partial charge in [0.25, 0.3) is 11.8 Å². The summed E-state index contributed by atoms with van der Waals surface area (Å²) in [5.41, 5.74) is 4.59. The van der Waals surface area contributed by atoms with Gasteiger partial charge in [0.15, 0.2) is 0 Å². The second-order valence-corrected chi connectivity index (χ2v) is 6.51. The van der Waals surface area contributed by atoms with Crippen LogP contribution in [0.15, 0.2) is 85.1 Å². The van der Waals surface area contributed by atoms with E-state index in [0.717, 1.165) is 5.56 Å². The molecule has 0 bridgehead atoms. The van der Waals surface area contributed by atoms with Gasteiger partial charge in [-0.1, -0.05) is 54.6 Å². The number of nitrogens with zero attached hydrogens (tertiary/aromatic N) is 1. The van der Waals surface area contributed by atoms with E-state index in [1.54, 1.807) is 36.4 Å². The lowest BCUT2D eigenvalue weighted by atomic mass is 10.1. The maximum atomic E-state index is 13.2. The Kier molecular flexibility index (Phi) is 5.09. The number of rotatable bonds is 5. The average molecular weight is 385 g/mol. The smallest absolute Gasteiger partial charge is 0.267 e. The minimum Gasteiger partial charge on any atom is -0.489 e. The van der Waals surface area contributed by atoms with Crippen molar-refractivity contribution in [3.05, 3.63) is 102 Å². The quantitative estimate of drug-likeness (QED) is 0.313. The summed E-state index contributed by atoms with van der Waals surface area (Å²) >= 11 is 0. The highest BCUT2D eigenvalue weighted by Gasteiger charge is 2.19. The van der Waals surface area contributed by atoms with E-state index in [4.69, 9.17) is 10.6 Å². The van der Waals surface area contributed by atoms with E-state index in [0.29, 0.717) is 34.4 Å². The molecule has 6 heteroatoms. The van der Waals surface area contributed by atoms with E-state index in [1.807, 2.05) is 42.5 Å². The number of aromatic nitrogens is 1. The number of benzene rings is 3. The summed E-state index contributed by atoms with van der Waals surface area (Å²) in [5.74, 6) is 5.16. The Balaban J connectivity index is 1.64. The van der Waals surface area contributed by atoms with Gasteiger partial charge in [0.1, 0.15) is 12.4 Å². The number of fused-ring (bicyclic) bond motifs is 1. The summed E-state index contributed by atoms with van der Waals surface area (Å²) in [6.45, 7) is 0.408. The molecule has 0 aliphatic rings. The molecule has 29 heavy (non-hydrogen) atoms. The molecule has 1 heterocycles. The Labute approximate surface area is 167 Å². The first-order chi connectivity index (χ1) is 14.2. The van der Waals surface area contributed by atoms with Crippen LogP contribution in [0.4, 0.5) is 0 Å². The number of hydrazine groups is 1. The largest absolute Gasteiger partial charge is 0.489 e. The standard InChI is InChI=1S/C23H19N3O3/c24-25-22(27)20-14-26(21-12-5-4-11-19(20)21)23(28)17-9-6-10-18(13-17)29-15-16-7-2-1-3-8-16/h1-14H,15,24H2,(H,25,27). The van der Waals surface area contributed by atoms with Crippen LogP contribution in [0.25, 0.3) is 10.9 Å². The summed E-state index contributed by atoms with van der Waals surface area (Å²) in [4.78, 5) is 25.2. The Morgan fingerprint density at radius 1 is 0.931 bits per heavy atom. The van der Waals surface area contributed by atoms with E-state index >= 15 is 0 Å². The van der Waals surface area contributed by atoms with Gasteiger partial charge in [0, 0.05) is 17.1 Å². The molecule has 0 unspecified atom stereocenters. The molecule has 0 spiro atoms. The molecule has 3 N–H and O–H groups in total. The fourth-order valence-electron chi connectivity index (χ4n) is 3.21. The fourth-order valence-corrected chi connectivity index (χ4v) is 3.21. The van der Waals surface area contributed by atoms with Gasteiger partial charge >= 0.3 is 0 Å². The molecule has 0 atom stereocenters. The maximum absolute atomic E-state index is 13.2. The summed E-state index contributed by atoms with van der Waals surface area (Å²) < 4.78 is 7.28. The normalized spacial score (nSPS) is 10.7. The maximum Gasteiger partial charge on any atom is 0.267 e. The average Bonchev–Trinajstić information content (AvgIpc) is 3.17. The van der Waals surface area contributed by atoms with Crippen LogP contribution in [0, 0.1) is 0 Å². The van der Waals surface area contributed by atoms with Crippen LogP contribution in [0.5, 0.6) is 5.75 Å². The number of amides is 1. The van der Waals surface area contributed by atoms with Crippen molar-refractivity contribution in [3.8, 4) is 5.75 Å². The molecule has 0 saturated heterocycles. The molecule has 144 valence electrons. The Morgan fingerprint density at radius 3 is 2.48 bits per heavy atom. The molecule has 6 nitrogen and oxygen atoms in total. The number of nitrogens with one attached hydrogen (secondary N) is 1. The highest BCUT2D eigenvalue weighted by molar-refractivity contribution is 6.11. The molecule has 0 radical (unpaired) electrons. The molecule has 0 saturated carbocycles. The fraction of sp³-hybridized carbons (Fsp3) is 0.0435. The molecule has 1 aromatic heterocycles. The lowest BCUT2D eigenvalue weighted by molar-refractivity contribution is 0.0955. The predicted octanol–water partition coefficient (Wildman–Crippen LogP) is 3.51. The van der Waals surface area contributed by atoms with Crippen molar-refractivity contribution in [2.75, 3.05) is 0 Å². The Bertz CT molecular complexity index is 1180. The first-order valence-electron chi connectivity index (χ1n) is 9.10. The molecule has 0 aliphatic carbocycles. The van der Waals surface area contributed by atoms with Crippen molar-refractivity contribution < 1.29 is 14.3 Å².